The van der Waals surface area contributed by atoms with Crippen LogP contribution in [-0.2, 0) is 0 Å². The molecule has 0 aromatic carbocycles. The van der Waals surface area contributed by atoms with Crippen LogP contribution >= 0.6 is 0 Å². The third-order valence-corrected chi connectivity index (χ3v) is 2.95. The number of pyridine rings is 1. The monoisotopic (exact) mass is 221 g/mol. The molecule has 4 nitrogen and oxygen atoms in total. The van der Waals surface area contributed by atoms with Crippen LogP contribution in [-0.4, -0.2) is 36.3 Å². The van der Waals surface area contributed by atoms with Crippen LogP contribution in [0.2, 0.25) is 0 Å². The molecule has 0 amide bonds. The Morgan fingerprint density at radius 1 is 1.50 bits per heavy atom. The van der Waals surface area contributed by atoms with Crippen LogP contribution in [0.5, 0.6) is 0 Å². The summed E-state index contributed by atoms with van der Waals surface area (Å²) in [5, 5.41) is 12.8. The first kappa shape index (κ1) is 11.2. The number of anilines is 2. The molecule has 88 valence electrons. The van der Waals surface area contributed by atoms with E-state index in [0.29, 0.717) is 6.54 Å². The molecule has 1 aromatic rings. The maximum Gasteiger partial charge on any atom is 0.130 e. The Labute approximate surface area is 96.3 Å². The van der Waals surface area contributed by atoms with Crippen molar-refractivity contribution in [2.24, 2.45) is 0 Å². The Bertz CT molecular complexity index is 367. The number of nitrogens with one attached hydrogen (secondary N) is 1. The minimum Gasteiger partial charge on any atom is -0.391 e. The van der Waals surface area contributed by atoms with Crippen molar-refractivity contribution in [1.29, 1.82) is 0 Å². The molecule has 1 aromatic heterocycles. The molecular weight excluding hydrogens is 202 g/mol. The van der Waals surface area contributed by atoms with Gasteiger partial charge in [0.25, 0.3) is 0 Å². The van der Waals surface area contributed by atoms with E-state index in [1.807, 2.05) is 26.1 Å². The standard InChI is InChI=1S/C12H19N3O/c1-9-6-10(13-2)7-12(14-9)15-5-3-4-11(16)8-15/h6-7,11,16H,3-5,8H2,1-2H3,(H,13,14)/t11-/m0/s1. The van der Waals surface area contributed by atoms with E-state index in [1.54, 1.807) is 0 Å². The molecule has 0 aliphatic carbocycles. The van der Waals surface area contributed by atoms with Crippen molar-refractivity contribution in [3.63, 3.8) is 0 Å². The van der Waals surface area contributed by atoms with Crippen molar-refractivity contribution < 1.29 is 5.11 Å². The van der Waals surface area contributed by atoms with Gasteiger partial charge in [0.1, 0.15) is 5.82 Å². The van der Waals surface area contributed by atoms with Crippen LogP contribution in [0, 0.1) is 6.92 Å². The van der Waals surface area contributed by atoms with E-state index in [2.05, 4.69) is 15.2 Å². The number of aryl methyl sites for hydroxylation is 1. The smallest absolute Gasteiger partial charge is 0.130 e. The van der Waals surface area contributed by atoms with Gasteiger partial charge in [-0.3, -0.25) is 0 Å². The number of piperidine rings is 1. The minimum absolute atomic E-state index is 0.214. The molecule has 4 heteroatoms. The quantitative estimate of drug-likeness (QED) is 0.792. The van der Waals surface area contributed by atoms with Gasteiger partial charge in [-0.05, 0) is 25.8 Å². The van der Waals surface area contributed by atoms with E-state index in [0.717, 1.165) is 36.6 Å². The number of hydrogen-bond donors (Lipinski definition) is 2. The second-order valence-electron chi connectivity index (χ2n) is 4.35. The highest BCUT2D eigenvalue weighted by Gasteiger charge is 2.19. The average molecular weight is 221 g/mol. The Kier molecular flexibility index (Phi) is 3.29. The zero-order valence-corrected chi connectivity index (χ0v) is 9.90. The normalized spacial score (nSPS) is 20.9. The van der Waals surface area contributed by atoms with Gasteiger partial charge in [0.2, 0.25) is 0 Å². The summed E-state index contributed by atoms with van der Waals surface area (Å²) >= 11 is 0. The van der Waals surface area contributed by atoms with Gasteiger partial charge >= 0.3 is 0 Å². The molecule has 2 N–H and O–H groups in total. The third kappa shape index (κ3) is 2.44. The first-order chi connectivity index (χ1) is 7.69. The van der Waals surface area contributed by atoms with E-state index < -0.39 is 0 Å². The summed E-state index contributed by atoms with van der Waals surface area (Å²) in [4.78, 5) is 6.67. The fraction of sp³-hybridized carbons (Fsp3) is 0.583. The molecule has 0 saturated carbocycles. The van der Waals surface area contributed by atoms with Crippen molar-refractivity contribution >= 4 is 11.5 Å². The summed E-state index contributed by atoms with van der Waals surface area (Å²) in [5.74, 6) is 0.961. The van der Waals surface area contributed by atoms with Crippen LogP contribution < -0.4 is 10.2 Å². The third-order valence-electron chi connectivity index (χ3n) is 2.95. The molecule has 16 heavy (non-hydrogen) atoms. The van der Waals surface area contributed by atoms with Crippen molar-refractivity contribution in [2.45, 2.75) is 25.9 Å². The van der Waals surface area contributed by atoms with Gasteiger partial charge in [0.05, 0.1) is 6.10 Å². The zero-order valence-electron chi connectivity index (χ0n) is 9.90. The van der Waals surface area contributed by atoms with Crippen LogP contribution in [0.1, 0.15) is 18.5 Å². The van der Waals surface area contributed by atoms with Gasteiger partial charge in [-0.2, -0.15) is 0 Å². The number of β-amino-alcohol motifs (C(OH)–C–C–N with tert-alkyl or cyclic N) is 1. The van der Waals surface area contributed by atoms with E-state index in [-0.39, 0.29) is 6.10 Å². The summed E-state index contributed by atoms with van der Waals surface area (Å²) < 4.78 is 0. The fourth-order valence-electron chi connectivity index (χ4n) is 2.12. The van der Waals surface area contributed by atoms with Crippen LogP contribution in [0.15, 0.2) is 12.1 Å². The topological polar surface area (TPSA) is 48.4 Å². The minimum atomic E-state index is -0.214. The van der Waals surface area contributed by atoms with Crippen LogP contribution in [0.3, 0.4) is 0 Å². The van der Waals surface area contributed by atoms with Crippen LogP contribution in [0.4, 0.5) is 11.5 Å². The van der Waals surface area contributed by atoms with Gasteiger partial charge in [-0.25, -0.2) is 4.98 Å². The lowest BCUT2D eigenvalue weighted by molar-refractivity contribution is 0.154. The van der Waals surface area contributed by atoms with E-state index in [1.165, 1.54) is 0 Å². The molecule has 1 atom stereocenters. The number of nitrogens with zero attached hydrogens (tertiary/aromatic N) is 2. The lowest BCUT2D eigenvalue weighted by atomic mass is 10.1. The van der Waals surface area contributed by atoms with Crippen LogP contribution in [0.25, 0.3) is 0 Å². The highest BCUT2D eigenvalue weighted by molar-refractivity contribution is 5.54. The first-order valence-electron chi connectivity index (χ1n) is 5.78. The average Bonchev–Trinajstić information content (AvgIpc) is 2.28. The number of aliphatic hydroxyl groups is 1. The molecule has 0 bridgehead atoms. The van der Waals surface area contributed by atoms with Crippen molar-refractivity contribution in [2.75, 3.05) is 30.4 Å². The summed E-state index contributed by atoms with van der Waals surface area (Å²) in [6.07, 6.45) is 1.72. The van der Waals surface area contributed by atoms with Gasteiger partial charge in [-0.1, -0.05) is 0 Å². The molecule has 1 aliphatic rings. The SMILES string of the molecule is CNc1cc(C)nc(N2CCC[C@H](O)C2)c1. The molecule has 1 fully saturated rings. The number of aliphatic hydroxyl groups excluding tert-OH is 1. The maximum atomic E-state index is 9.65. The largest absolute Gasteiger partial charge is 0.391 e. The fourth-order valence-corrected chi connectivity index (χ4v) is 2.12. The molecule has 0 spiro atoms. The predicted molar refractivity (Wildman–Crippen MR) is 66.0 cm³/mol. The summed E-state index contributed by atoms with van der Waals surface area (Å²) in [6.45, 7) is 3.67. The Morgan fingerprint density at radius 2 is 2.31 bits per heavy atom. The summed E-state index contributed by atoms with van der Waals surface area (Å²) in [7, 11) is 1.91. The molecule has 2 heterocycles. The zero-order chi connectivity index (χ0) is 11.5. The lowest BCUT2D eigenvalue weighted by Gasteiger charge is -2.31. The highest BCUT2D eigenvalue weighted by Crippen LogP contribution is 2.21. The van der Waals surface area contributed by atoms with Gasteiger partial charge in [0.15, 0.2) is 0 Å². The van der Waals surface area contributed by atoms with Gasteiger partial charge in [0, 0.05) is 37.6 Å². The predicted octanol–water partition coefficient (Wildman–Crippen LogP) is 1.39. The summed E-state index contributed by atoms with van der Waals surface area (Å²) in [6, 6.07) is 4.05. The summed E-state index contributed by atoms with van der Waals surface area (Å²) in [5.41, 5.74) is 2.07. The Hall–Kier alpha value is -1.29. The van der Waals surface area contributed by atoms with E-state index in [4.69, 9.17) is 0 Å². The first-order valence-corrected chi connectivity index (χ1v) is 5.78. The molecular formula is C12H19N3O. The lowest BCUT2D eigenvalue weighted by Crippen LogP contribution is -2.38. The molecule has 1 saturated heterocycles. The van der Waals surface area contributed by atoms with Crippen molar-refractivity contribution in [1.82, 2.24) is 4.98 Å². The maximum absolute atomic E-state index is 9.65. The Balaban J connectivity index is 2.21. The van der Waals surface area contributed by atoms with E-state index in [9.17, 15) is 5.11 Å². The highest BCUT2D eigenvalue weighted by atomic mass is 16.3. The number of aromatic nitrogens is 1. The molecule has 0 radical (unpaired) electrons. The second kappa shape index (κ2) is 4.70. The van der Waals surface area contributed by atoms with Gasteiger partial charge < -0.3 is 15.3 Å². The second-order valence-corrected chi connectivity index (χ2v) is 4.35. The molecule has 0 unspecified atom stereocenters. The van der Waals surface area contributed by atoms with Crippen molar-refractivity contribution in [3.05, 3.63) is 17.8 Å². The van der Waals surface area contributed by atoms with Gasteiger partial charge in [-0.15, -0.1) is 0 Å². The van der Waals surface area contributed by atoms with Crippen molar-refractivity contribution in [3.8, 4) is 0 Å². The number of rotatable bonds is 2. The molecule has 2 rings (SSSR count). The van der Waals surface area contributed by atoms with E-state index >= 15 is 0 Å². The number of hydrogen-bond acceptors (Lipinski definition) is 4. The molecule has 1 aliphatic heterocycles. The Morgan fingerprint density at radius 3 is 3.00 bits per heavy atom.